The molecule has 5 saturated heterocycles. The van der Waals surface area contributed by atoms with E-state index in [9.17, 15) is 5.26 Å². The summed E-state index contributed by atoms with van der Waals surface area (Å²) in [4.78, 5) is 16.8. The molecule has 8 heterocycles. The maximum atomic E-state index is 10.2. The van der Waals surface area contributed by atoms with Crippen LogP contribution in [0.4, 0.5) is 5.82 Å². The zero-order valence-corrected chi connectivity index (χ0v) is 24.2. The Kier molecular flexibility index (Phi) is 6.61. The normalized spacial score (nSPS) is 29.8. The van der Waals surface area contributed by atoms with Crippen LogP contribution >= 0.6 is 0 Å². The first-order valence-electron chi connectivity index (χ1n) is 14.7. The van der Waals surface area contributed by atoms with E-state index in [1.807, 2.05) is 18.5 Å². The molecule has 10 heteroatoms. The van der Waals surface area contributed by atoms with Crippen LogP contribution in [0.15, 0.2) is 54.6 Å². The number of rotatable bonds is 6. The number of hydrogen-bond donors (Lipinski definition) is 1. The molecule has 0 radical (unpaired) electrons. The van der Waals surface area contributed by atoms with Crippen LogP contribution in [-0.2, 0) is 6.54 Å². The maximum absolute atomic E-state index is 10.2. The van der Waals surface area contributed by atoms with Gasteiger partial charge >= 0.3 is 0 Å². The predicted octanol–water partition coefficient (Wildman–Crippen LogP) is 2.15. The van der Waals surface area contributed by atoms with Gasteiger partial charge in [-0.1, -0.05) is 6.07 Å². The molecule has 0 amide bonds. The fraction of sp³-hybridized carbons (Fsp3) is 0.516. The standard InChI is InChI=1S/C31H39N9O/c1-31(20-32)21-36(2)40-19-24(37-10-8-33-9-11-37)13-27(30(31)40)23-5-6-28(34-15-23)38-17-25-12-26(18-38)39(25)16-22-4-7-29(41-3)35-14-22/h4-7,13-15,19,25-26,30,33H,8-12,16-18,21H2,1-3H3. The lowest BCUT2D eigenvalue weighted by atomic mass is 9.78. The number of allylic oxidation sites excluding steroid dienone is 1. The van der Waals surface area contributed by atoms with Gasteiger partial charge in [0.05, 0.1) is 30.3 Å². The SMILES string of the molecule is COc1ccc(CN2C3CC2CN(c2ccc(C4=CC(N5CCNCC5)=CN5C4C(C)(C#N)CN5C)cn2)C3)cn1. The summed E-state index contributed by atoms with van der Waals surface area (Å²) in [5, 5.41) is 18.2. The van der Waals surface area contributed by atoms with Crippen molar-refractivity contribution in [2.75, 3.05) is 64.9 Å². The van der Waals surface area contributed by atoms with Crippen molar-refractivity contribution < 1.29 is 4.74 Å². The highest BCUT2D eigenvalue weighted by Gasteiger charge is 2.50. The molecule has 6 aliphatic rings. The van der Waals surface area contributed by atoms with Gasteiger partial charge in [-0.3, -0.25) is 4.90 Å². The van der Waals surface area contributed by atoms with Crippen LogP contribution in [0.2, 0.25) is 0 Å². The van der Waals surface area contributed by atoms with Gasteiger partial charge in [0.1, 0.15) is 5.82 Å². The second-order valence-corrected chi connectivity index (χ2v) is 12.3. The molecule has 41 heavy (non-hydrogen) atoms. The molecule has 4 unspecified atom stereocenters. The van der Waals surface area contributed by atoms with Gasteiger partial charge < -0.3 is 24.9 Å². The number of ether oxygens (including phenoxy) is 1. The van der Waals surface area contributed by atoms with Gasteiger partial charge in [0.25, 0.3) is 0 Å². The van der Waals surface area contributed by atoms with E-state index in [0.29, 0.717) is 24.5 Å². The van der Waals surface area contributed by atoms with Gasteiger partial charge in [-0.05, 0) is 48.3 Å². The summed E-state index contributed by atoms with van der Waals surface area (Å²) < 4.78 is 5.21. The van der Waals surface area contributed by atoms with Gasteiger partial charge in [-0.15, -0.1) is 0 Å². The van der Waals surface area contributed by atoms with Crippen LogP contribution in [0.25, 0.3) is 5.57 Å². The lowest BCUT2D eigenvalue weighted by Crippen LogP contribution is -2.68. The third-order valence-corrected chi connectivity index (χ3v) is 9.54. The van der Waals surface area contributed by atoms with Crippen molar-refractivity contribution >= 4 is 11.4 Å². The Morgan fingerprint density at radius 2 is 1.88 bits per heavy atom. The number of piperidine rings is 1. The Morgan fingerprint density at radius 1 is 1.07 bits per heavy atom. The second kappa shape index (κ2) is 10.3. The number of fused-ring (bicyclic) bond motifs is 3. The highest BCUT2D eigenvalue weighted by atomic mass is 16.5. The van der Waals surface area contributed by atoms with Crippen LogP contribution in [0, 0.1) is 16.7 Å². The largest absolute Gasteiger partial charge is 0.481 e. The van der Waals surface area contributed by atoms with Gasteiger partial charge in [-0.25, -0.2) is 15.0 Å². The van der Waals surface area contributed by atoms with E-state index in [0.717, 1.165) is 57.2 Å². The lowest BCUT2D eigenvalue weighted by molar-refractivity contribution is -0.00877. The molecule has 2 aromatic rings. The number of pyridine rings is 2. The topological polar surface area (TPSA) is 87.0 Å². The van der Waals surface area contributed by atoms with Gasteiger partial charge in [0, 0.05) is 96.1 Å². The fourth-order valence-corrected chi connectivity index (χ4v) is 7.35. The summed E-state index contributed by atoms with van der Waals surface area (Å²) >= 11 is 0. The van der Waals surface area contributed by atoms with Gasteiger partial charge in [-0.2, -0.15) is 5.26 Å². The molecule has 0 aliphatic carbocycles. The third kappa shape index (κ3) is 4.62. The van der Waals surface area contributed by atoms with Crippen molar-refractivity contribution in [2.24, 2.45) is 5.41 Å². The van der Waals surface area contributed by atoms with Crippen LogP contribution in [0.3, 0.4) is 0 Å². The molecule has 0 aromatic carbocycles. The number of hydrogen-bond acceptors (Lipinski definition) is 10. The number of methoxy groups -OCH3 is 1. The van der Waals surface area contributed by atoms with Crippen LogP contribution < -0.4 is 15.0 Å². The second-order valence-electron chi connectivity index (χ2n) is 12.3. The van der Waals surface area contributed by atoms with Crippen LogP contribution in [-0.4, -0.2) is 108 Å². The summed E-state index contributed by atoms with van der Waals surface area (Å²) in [5.41, 5.74) is 4.19. The Bertz CT molecular complexity index is 1370. The number of nitrogens with zero attached hydrogens (tertiary/aromatic N) is 8. The fourth-order valence-electron chi connectivity index (χ4n) is 7.35. The average Bonchev–Trinajstić information content (AvgIpc) is 3.30. The van der Waals surface area contributed by atoms with E-state index in [-0.39, 0.29) is 6.04 Å². The highest BCUT2D eigenvalue weighted by molar-refractivity contribution is 5.75. The van der Waals surface area contributed by atoms with E-state index >= 15 is 0 Å². The number of anilines is 1. The van der Waals surface area contributed by atoms with Crippen molar-refractivity contribution in [1.29, 1.82) is 5.26 Å². The summed E-state index contributed by atoms with van der Waals surface area (Å²) in [6.45, 7) is 9.60. The Hall–Kier alpha value is -3.65. The summed E-state index contributed by atoms with van der Waals surface area (Å²) in [6.07, 6.45) is 9.73. The summed E-state index contributed by atoms with van der Waals surface area (Å²) in [7, 11) is 3.73. The monoisotopic (exact) mass is 553 g/mol. The van der Waals surface area contributed by atoms with Crippen molar-refractivity contribution in [1.82, 2.24) is 35.1 Å². The number of aromatic nitrogens is 2. The van der Waals surface area contributed by atoms with Gasteiger partial charge in [0.15, 0.2) is 0 Å². The predicted molar refractivity (Wildman–Crippen MR) is 157 cm³/mol. The molecule has 6 aliphatic heterocycles. The molecule has 4 atom stereocenters. The molecule has 8 rings (SSSR count). The summed E-state index contributed by atoms with van der Waals surface area (Å²) in [6, 6.07) is 12.1. The smallest absolute Gasteiger partial charge is 0.212 e. The number of piperazine rings is 2. The first-order chi connectivity index (χ1) is 20.0. The number of nitriles is 1. The van der Waals surface area contributed by atoms with E-state index in [2.05, 4.69) is 85.5 Å². The summed E-state index contributed by atoms with van der Waals surface area (Å²) in [5.74, 6) is 1.69. The minimum atomic E-state index is -0.512. The minimum absolute atomic E-state index is 0.0413. The quantitative estimate of drug-likeness (QED) is 0.574. The van der Waals surface area contributed by atoms with E-state index in [1.54, 1.807) is 7.11 Å². The van der Waals surface area contributed by atoms with Crippen LogP contribution in [0.5, 0.6) is 5.88 Å². The van der Waals surface area contributed by atoms with E-state index in [4.69, 9.17) is 9.72 Å². The average molecular weight is 554 g/mol. The van der Waals surface area contributed by atoms with Crippen molar-refractivity contribution in [3.63, 3.8) is 0 Å². The minimum Gasteiger partial charge on any atom is -0.481 e. The molecular weight excluding hydrogens is 514 g/mol. The van der Waals surface area contributed by atoms with E-state index < -0.39 is 5.41 Å². The maximum Gasteiger partial charge on any atom is 0.212 e. The van der Waals surface area contributed by atoms with Crippen LogP contribution in [0.1, 0.15) is 24.5 Å². The van der Waals surface area contributed by atoms with Crippen molar-refractivity contribution in [3.8, 4) is 11.9 Å². The molecule has 2 aromatic heterocycles. The molecular formula is C31H39N9O. The first kappa shape index (κ1) is 26.3. The zero-order valence-electron chi connectivity index (χ0n) is 24.2. The zero-order chi connectivity index (χ0) is 28.1. The molecule has 2 bridgehead atoms. The lowest BCUT2D eigenvalue weighted by Gasteiger charge is -2.56. The van der Waals surface area contributed by atoms with Crippen molar-refractivity contribution in [2.45, 2.75) is 38.0 Å². The number of nitrogens with one attached hydrogen (secondary N) is 1. The molecule has 10 nitrogen and oxygen atoms in total. The van der Waals surface area contributed by atoms with E-state index in [1.165, 1.54) is 23.3 Å². The molecule has 0 spiro atoms. The first-order valence-corrected chi connectivity index (χ1v) is 14.7. The molecule has 214 valence electrons. The Morgan fingerprint density at radius 3 is 2.54 bits per heavy atom. The Labute approximate surface area is 242 Å². The number of hydrazine groups is 1. The molecule has 5 fully saturated rings. The third-order valence-electron chi connectivity index (χ3n) is 9.54. The molecule has 1 N–H and O–H groups in total. The molecule has 0 saturated carbocycles. The van der Waals surface area contributed by atoms with Crippen molar-refractivity contribution in [3.05, 3.63) is 65.8 Å². The van der Waals surface area contributed by atoms with Gasteiger partial charge in [0.2, 0.25) is 5.88 Å². The Balaban J connectivity index is 1.09. The highest BCUT2D eigenvalue weighted by Crippen LogP contribution is 2.45.